The number of nitrogens with one attached hydrogen (secondary N) is 1. The number of hydrogen-bond acceptors (Lipinski definition) is 5. The Morgan fingerprint density at radius 3 is 2.79 bits per heavy atom. The van der Waals surface area contributed by atoms with E-state index in [0.717, 1.165) is 0 Å². The largest absolute Gasteiger partial charge is 0.465 e. The van der Waals surface area contributed by atoms with Crippen molar-refractivity contribution in [3.63, 3.8) is 0 Å². The number of aromatic nitrogens is 1. The summed E-state index contributed by atoms with van der Waals surface area (Å²) in [5.74, 6) is -1.29. The zero-order valence-electron chi connectivity index (χ0n) is 12.9. The van der Waals surface area contributed by atoms with Crippen molar-refractivity contribution in [3.05, 3.63) is 57.7 Å². The van der Waals surface area contributed by atoms with Crippen molar-refractivity contribution in [2.75, 3.05) is 12.4 Å². The molecule has 0 aliphatic carbocycles. The van der Waals surface area contributed by atoms with Crippen LogP contribution in [-0.4, -0.2) is 24.0 Å². The fourth-order valence-corrected chi connectivity index (χ4v) is 3.08. The molecule has 2 heterocycles. The van der Waals surface area contributed by atoms with Crippen LogP contribution in [-0.2, 0) is 4.74 Å². The molecule has 0 bridgehead atoms. The van der Waals surface area contributed by atoms with Crippen LogP contribution in [0.4, 0.5) is 10.1 Å². The van der Waals surface area contributed by atoms with E-state index >= 15 is 0 Å². The summed E-state index contributed by atoms with van der Waals surface area (Å²) >= 11 is 1.18. The second-order valence-corrected chi connectivity index (χ2v) is 5.98. The number of esters is 1. The molecule has 3 aromatic rings. The van der Waals surface area contributed by atoms with Gasteiger partial charge in [-0.05, 0) is 36.6 Å². The highest BCUT2D eigenvalue weighted by Crippen LogP contribution is 2.25. The van der Waals surface area contributed by atoms with Crippen molar-refractivity contribution in [2.24, 2.45) is 0 Å². The number of benzene rings is 1. The van der Waals surface area contributed by atoms with E-state index in [1.54, 1.807) is 30.5 Å². The molecule has 0 unspecified atom stereocenters. The maximum Gasteiger partial charge on any atom is 0.350 e. The molecule has 0 saturated heterocycles. The van der Waals surface area contributed by atoms with Gasteiger partial charge in [0, 0.05) is 11.5 Å². The topological polar surface area (TPSA) is 68.3 Å². The van der Waals surface area contributed by atoms with E-state index in [1.165, 1.54) is 30.6 Å². The zero-order valence-corrected chi connectivity index (χ0v) is 13.7. The van der Waals surface area contributed by atoms with Gasteiger partial charge in [0.15, 0.2) is 0 Å². The molecule has 7 heteroatoms. The van der Waals surface area contributed by atoms with Crippen molar-refractivity contribution < 1.29 is 18.7 Å². The van der Waals surface area contributed by atoms with E-state index in [2.05, 4.69) is 15.0 Å². The van der Waals surface area contributed by atoms with Gasteiger partial charge in [-0.3, -0.25) is 9.78 Å². The predicted octanol–water partition coefficient (Wildman–Crippen LogP) is 3.78. The second kappa shape index (κ2) is 6.37. The molecule has 3 rings (SSSR count). The Morgan fingerprint density at radius 1 is 1.25 bits per heavy atom. The molecule has 2 aromatic heterocycles. The molecule has 0 spiro atoms. The number of amides is 1. The van der Waals surface area contributed by atoms with E-state index in [9.17, 15) is 14.0 Å². The number of hydrogen-bond donors (Lipinski definition) is 1. The first-order chi connectivity index (χ1) is 11.5. The highest BCUT2D eigenvalue weighted by atomic mass is 32.1. The van der Waals surface area contributed by atoms with E-state index < -0.39 is 11.9 Å². The molecule has 0 fully saturated rings. The van der Waals surface area contributed by atoms with Gasteiger partial charge in [-0.25, -0.2) is 9.18 Å². The molecular weight excluding hydrogens is 331 g/mol. The van der Waals surface area contributed by atoms with Gasteiger partial charge in [-0.2, -0.15) is 0 Å². The Morgan fingerprint density at radius 2 is 2.04 bits per heavy atom. The van der Waals surface area contributed by atoms with Crippen LogP contribution in [0.3, 0.4) is 0 Å². The number of aryl methyl sites for hydroxylation is 1. The molecule has 24 heavy (non-hydrogen) atoms. The smallest absolute Gasteiger partial charge is 0.350 e. The van der Waals surface area contributed by atoms with Gasteiger partial charge in [-0.1, -0.05) is 0 Å². The second-order valence-electron chi connectivity index (χ2n) is 5.07. The normalized spacial score (nSPS) is 10.6. The maximum absolute atomic E-state index is 13.3. The monoisotopic (exact) mass is 344 g/mol. The number of carbonyl (C=O) groups excluding carboxylic acids is 2. The van der Waals surface area contributed by atoms with Gasteiger partial charge in [-0.15, -0.1) is 11.3 Å². The summed E-state index contributed by atoms with van der Waals surface area (Å²) in [6.45, 7) is 1.67. The number of carbonyl (C=O) groups is 2. The standard InChI is InChI=1S/C17H13FN2O3S/c1-9-12(7-10-3-4-11(18)8-14(10)19-9)16(21)20-13-5-6-24-15(13)17(22)23-2/h3-8H,1-2H3,(H,20,21). The molecule has 1 N–H and O–H groups in total. The lowest BCUT2D eigenvalue weighted by Gasteiger charge is -2.09. The Bertz CT molecular complexity index is 952. The first kappa shape index (κ1) is 16.1. The van der Waals surface area contributed by atoms with Gasteiger partial charge in [0.1, 0.15) is 10.7 Å². The number of pyridine rings is 1. The van der Waals surface area contributed by atoms with Gasteiger partial charge in [0.2, 0.25) is 0 Å². The highest BCUT2D eigenvalue weighted by molar-refractivity contribution is 7.12. The minimum atomic E-state index is -0.510. The Balaban J connectivity index is 1.94. The third-order valence-electron chi connectivity index (χ3n) is 3.50. The molecule has 0 saturated carbocycles. The van der Waals surface area contributed by atoms with Crippen LogP contribution in [0.1, 0.15) is 25.7 Å². The number of halogens is 1. The molecule has 1 aromatic carbocycles. The average Bonchev–Trinajstić information content (AvgIpc) is 3.01. The Labute approximate surface area is 141 Å². The third-order valence-corrected chi connectivity index (χ3v) is 4.39. The molecule has 0 aliphatic rings. The molecule has 122 valence electrons. The molecule has 0 aliphatic heterocycles. The molecule has 5 nitrogen and oxygen atoms in total. The molecular formula is C17H13FN2O3S. The van der Waals surface area contributed by atoms with E-state index in [-0.39, 0.29) is 5.82 Å². The van der Waals surface area contributed by atoms with E-state index in [1.807, 2.05) is 0 Å². The first-order valence-corrected chi connectivity index (χ1v) is 7.91. The number of rotatable bonds is 3. The molecule has 0 radical (unpaired) electrons. The number of fused-ring (bicyclic) bond motifs is 1. The van der Waals surface area contributed by atoms with E-state index in [0.29, 0.717) is 32.7 Å². The summed E-state index contributed by atoms with van der Waals surface area (Å²) in [7, 11) is 1.28. The lowest BCUT2D eigenvalue weighted by molar-refractivity contribution is 0.0607. The van der Waals surface area contributed by atoms with Crippen LogP contribution < -0.4 is 5.32 Å². The molecule has 0 atom stereocenters. The summed E-state index contributed by atoms with van der Waals surface area (Å²) in [5.41, 5.74) is 1.70. The van der Waals surface area contributed by atoms with Crippen LogP contribution in [0, 0.1) is 12.7 Å². The van der Waals surface area contributed by atoms with Gasteiger partial charge < -0.3 is 10.1 Å². The number of nitrogens with zero attached hydrogens (tertiary/aromatic N) is 1. The summed E-state index contributed by atoms with van der Waals surface area (Å²) in [6, 6.07) is 7.48. The highest BCUT2D eigenvalue weighted by Gasteiger charge is 2.18. The van der Waals surface area contributed by atoms with Crippen LogP contribution in [0.5, 0.6) is 0 Å². The minimum absolute atomic E-state index is 0.319. The van der Waals surface area contributed by atoms with Crippen LogP contribution >= 0.6 is 11.3 Å². The average molecular weight is 344 g/mol. The van der Waals surface area contributed by atoms with Crippen LogP contribution in [0.15, 0.2) is 35.7 Å². The van der Waals surface area contributed by atoms with Gasteiger partial charge >= 0.3 is 5.97 Å². The summed E-state index contributed by atoms with van der Waals surface area (Å²) in [6.07, 6.45) is 0. The lowest BCUT2D eigenvalue weighted by atomic mass is 10.1. The third kappa shape index (κ3) is 2.98. The Kier molecular flexibility index (Phi) is 4.26. The van der Waals surface area contributed by atoms with Crippen LogP contribution in [0.2, 0.25) is 0 Å². The number of methoxy groups -OCH3 is 1. The summed E-state index contributed by atoms with van der Waals surface area (Å²) < 4.78 is 18.0. The van der Waals surface area contributed by atoms with Crippen molar-refractivity contribution in [1.82, 2.24) is 4.98 Å². The van der Waals surface area contributed by atoms with Crippen molar-refractivity contribution in [2.45, 2.75) is 6.92 Å². The van der Waals surface area contributed by atoms with Crippen molar-refractivity contribution in [3.8, 4) is 0 Å². The van der Waals surface area contributed by atoms with Crippen LogP contribution in [0.25, 0.3) is 10.9 Å². The fourth-order valence-electron chi connectivity index (χ4n) is 2.31. The minimum Gasteiger partial charge on any atom is -0.465 e. The predicted molar refractivity (Wildman–Crippen MR) is 90.0 cm³/mol. The SMILES string of the molecule is COC(=O)c1sccc1NC(=O)c1cc2ccc(F)cc2nc1C. The van der Waals surface area contributed by atoms with Gasteiger partial charge in [0.05, 0.1) is 29.6 Å². The summed E-state index contributed by atoms with van der Waals surface area (Å²) in [4.78, 5) is 28.8. The lowest BCUT2D eigenvalue weighted by Crippen LogP contribution is -2.15. The number of ether oxygens (including phenoxy) is 1. The van der Waals surface area contributed by atoms with Crippen molar-refractivity contribution in [1.29, 1.82) is 0 Å². The fraction of sp³-hybridized carbons (Fsp3) is 0.118. The maximum atomic E-state index is 13.3. The summed E-state index contributed by atoms with van der Waals surface area (Å²) in [5, 5.41) is 5.04. The molecule has 1 amide bonds. The quantitative estimate of drug-likeness (QED) is 0.734. The first-order valence-electron chi connectivity index (χ1n) is 7.03. The van der Waals surface area contributed by atoms with Gasteiger partial charge in [0.25, 0.3) is 5.91 Å². The van der Waals surface area contributed by atoms with E-state index in [4.69, 9.17) is 0 Å². The Hall–Kier alpha value is -2.80. The van der Waals surface area contributed by atoms with Crippen molar-refractivity contribution >= 4 is 39.8 Å². The number of thiophene rings is 1. The zero-order chi connectivity index (χ0) is 17.3. The number of anilines is 1.